The molecule has 0 radical (unpaired) electrons. The quantitative estimate of drug-likeness (QED) is 0.609. The molecule has 0 heterocycles. The van der Waals surface area contributed by atoms with E-state index in [0.29, 0.717) is 18.2 Å². The fourth-order valence-corrected chi connectivity index (χ4v) is 1.71. The summed E-state index contributed by atoms with van der Waals surface area (Å²) in [5.74, 6) is 0.225. The highest BCUT2D eigenvalue weighted by molar-refractivity contribution is 5.74. The standard InChI is InChI=1S/C14H21NO2/c1-3-6-11(2)10-17-14(16)9-12-7-4-5-8-13(12)15/h4-5,7-8,11H,3,6,9-10,15H2,1-2H3. The van der Waals surface area contributed by atoms with Crippen LogP contribution in [0, 0.1) is 5.92 Å². The third-order valence-electron chi connectivity index (χ3n) is 2.70. The number of hydrogen-bond acceptors (Lipinski definition) is 3. The molecule has 3 heteroatoms. The molecule has 17 heavy (non-hydrogen) atoms. The second-order valence-electron chi connectivity index (χ2n) is 4.45. The molecule has 0 aliphatic rings. The van der Waals surface area contributed by atoms with Gasteiger partial charge in [0.2, 0.25) is 0 Å². The lowest BCUT2D eigenvalue weighted by Gasteiger charge is -2.11. The highest BCUT2D eigenvalue weighted by Crippen LogP contribution is 2.12. The van der Waals surface area contributed by atoms with Crippen molar-refractivity contribution in [2.45, 2.75) is 33.1 Å². The first-order valence-electron chi connectivity index (χ1n) is 6.12. The lowest BCUT2D eigenvalue weighted by Crippen LogP contribution is -2.14. The van der Waals surface area contributed by atoms with Crippen LogP contribution in [0.15, 0.2) is 24.3 Å². The third-order valence-corrected chi connectivity index (χ3v) is 2.70. The second kappa shape index (κ2) is 6.94. The average Bonchev–Trinajstić information content (AvgIpc) is 2.30. The summed E-state index contributed by atoms with van der Waals surface area (Å²) in [6.07, 6.45) is 2.45. The van der Waals surface area contributed by atoms with E-state index in [0.717, 1.165) is 18.4 Å². The fourth-order valence-electron chi connectivity index (χ4n) is 1.71. The summed E-state index contributed by atoms with van der Waals surface area (Å²) in [7, 11) is 0. The number of anilines is 1. The van der Waals surface area contributed by atoms with Crippen molar-refractivity contribution in [2.24, 2.45) is 5.92 Å². The summed E-state index contributed by atoms with van der Waals surface area (Å²) in [5.41, 5.74) is 7.24. The van der Waals surface area contributed by atoms with Gasteiger partial charge in [0.15, 0.2) is 0 Å². The second-order valence-corrected chi connectivity index (χ2v) is 4.45. The Labute approximate surface area is 103 Å². The molecule has 0 amide bonds. The molecular formula is C14H21NO2. The average molecular weight is 235 g/mol. The molecule has 0 aromatic heterocycles. The predicted octanol–water partition coefficient (Wildman–Crippen LogP) is 2.79. The van der Waals surface area contributed by atoms with Gasteiger partial charge in [-0.1, -0.05) is 38.5 Å². The molecule has 1 aromatic carbocycles. The predicted molar refractivity (Wildman–Crippen MR) is 69.6 cm³/mol. The van der Waals surface area contributed by atoms with E-state index >= 15 is 0 Å². The number of nitrogen functional groups attached to an aromatic ring is 1. The number of carbonyl (C=O) groups is 1. The first kappa shape index (κ1) is 13.6. The minimum Gasteiger partial charge on any atom is -0.465 e. The van der Waals surface area contributed by atoms with Crippen LogP contribution in [0.25, 0.3) is 0 Å². The number of benzene rings is 1. The van der Waals surface area contributed by atoms with Gasteiger partial charge >= 0.3 is 5.97 Å². The van der Waals surface area contributed by atoms with Crippen LogP contribution in [0.4, 0.5) is 5.69 Å². The zero-order chi connectivity index (χ0) is 12.7. The van der Waals surface area contributed by atoms with Crippen molar-refractivity contribution in [3.63, 3.8) is 0 Å². The van der Waals surface area contributed by atoms with Crippen LogP contribution in [0.1, 0.15) is 32.3 Å². The summed E-state index contributed by atoms with van der Waals surface area (Å²) in [6.45, 7) is 4.72. The van der Waals surface area contributed by atoms with E-state index in [1.807, 2.05) is 18.2 Å². The molecular weight excluding hydrogens is 214 g/mol. The first-order chi connectivity index (χ1) is 8.13. The van der Waals surface area contributed by atoms with E-state index in [1.165, 1.54) is 0 Å². The van der Waals surface area contributed by atoms with Crippen molar-refractivity contribution in [2.75, 3.05) is 12.3 Å². The van der Waals surface area contributed by atoms with E-state index in [4.69, 9.17) is 10.5 Å². The van der Waals surface area contributed by atoms with Crippen molar-refractivity contribution >= 4 is 11.7 Å². The van der Waals surface area contributed by atoms with Crippen LogP contribution in [0.5, 0.6) is 0 Å². The van der Waals surface area contributed by atoms with Gasteiger partial charge in [0.05, 0.1) is 13.0 Å². The SMILES string of the molecule is CCCC(C)COC(=O)Cc1ccccc1N. The maximum absolute atomic E-state index is 11.6. The Balaban J connectivity index is 2.37. The van der Waals surface area contributed by atoms with Crippen molar-refractivity contribution in [1.82, 2.24) is 0 Å². The Morgan fingerprint density at radius 2 is 2.12 bits per heavy atom. The monoisotopic (exact) mass is 235 g/mol. The molecule has 94 valence electrons. The third kappa shape index (κ3) is 4.89. The van der Waals surface area contributed by atoms with Crippen LogP contribution < -0.4 is 5.73 Å². The van der Waals surface area contributed by atoms with Gasteiger partial charge in [-0.3, -0.25) is 4.79 Å². The molecule has 1 unspecified atom stereocenters. The lowest BCUT2D eigenvalue weighted by molar-refractivity contribution is -0.144. The largest absolute Gasteiger partial charge is 0.465 e. The van der Waals surface area contributed by atoms with Gasteiger partial charge in [0.1, 0.15) is 0 Å². The zero-order valence-corrected chi connectivity index (χ0v) is 10.6. The van der Waals surface area contributed by atoms with E-state index in [1.54, 1.807) is 6.07 Å². The van der Waals surface area contributed by atoms with E-state index in [9.17, 15) is 4.79 Å². The van der Waals surface area contributed by atoms with Crippen LogP contribution in [-0.4, -0.2) is 12.6 Å². The Morgan fingerprint density at radius 1 is 1.41 bits per heavy atom. The van der Waals surface area contributed by atoms with Crippen molar-refractivity contribution in [1.29, 1.82) is 0 Å². The van der Waals surface area contributed by atoms with E-state index < -0.39 is 0 Å². The summed E-state index contributed by atoms with van der Waals surface area (Å²) in [6, 6.07) is 7.38. The van der Waals surface area contributed by atoms with E-state index in [2.05, 4.69) is 13.8 Å². The molecule has 0 saturated heterocycles. The van der Waals surface area contributed by atoms with Crippen molar-refractivity contribution in [3.05, 3.63) is 29.8 Å². The van der Waals surface area contributed by atoms with Gasteiger partial charge in [-0.25, -0.2) is 0 Å². The Morgan fingerprint density at radius 3 is 2.76 bits per heavy atom. The number of nitrogens with two attached hydrogens (primary N) is 1. The maximum atomic E-state index is 11.6. The van der Waals surface area contributed by atoms with Gasteiger partial charge in [0, 0.05) is 5.69 Å². The molecule has 1 aromatic rings. The van der Waals surface area contributed by atoms with Gasteiger partial charge < -0.3 is 10.5 Å². The summed E-state index contributed by atoms with van der Waals surface area (Å²) >= 11 is 0. The van der Waals surface area contributed by atoms with Gasteiger partial charge in [-0.2, -0.15) is 0 Å². The number of para-hydroxylation sites is 1. The minimum atomic E-state index is -0.203. The molecule has 0 aliphatic heterocycles. The Kier molecular flexibility index (Phi) is 5.53. The molecule has 0 bridgehead atoms. The molecule has 1 rings (SSSR count). The Hall–Kier alpha value is -1.51. The summed E-state index contributed by atoms with van der Waals surface area (Å²) in [5, 5.41) is 0. The number of esters is 1. The summed E-state index contributed by atoms with van der Waals surface area (Å²) in [4.78, 5) is 11.6. The number of carbonyl (C=O) groups excluding carboxylic acids is 1. The Bertz CT molecular complexity index is 363. The van der Waals surface area contributed by atoms with Crippen LogP contribution in [0.2, 0.25) is 0 Å². The van der Waals surface area contributed by atoms with Crippen LogP contribution in [-0.2, 0) is 16.0 Å². The fraction of sp³-hybridized carbons (Fsp3) is 0.500. The van der Waals surface area contributed by atoms with Gasteiger partial charge in [-0.05, 0) is 24.0 Å². The maximum Gasteiger partial charge on any atom is 0.310 e. The van der Waals surface area contributed by atoms with Gasteiger partial charge in [0.25, 0.3) is 0 Å². The normalized spacial score (nSPS) is 12.1. The zero-order valence-electron chi connectivity index (χ0n) is 10.6. The molecule has 0 fully saturated rings. The van der Waals surface area contributed by atoms with Crippen molar-refractivity contribution < 1.29 is 9.53 Å². The summed E-state index contributed by atoms with van der Waals surface area (Å²) < 4.78 is 5.22. The molecule has 0 spiro atoms. The van der Waals surface area contributed by atoms with Crippen molar-refractivity contribution in [3.8, 4) is 0 Å². The first-order valence-corrected chi connectivity index (χ1v) is 6.12. The molecule has 3 nitrogen and oxygen atoms in total. The van der Waals surface area contributed by atoms with E-state index in [-0.39, 0.29) is 12.4 Å². The lowest BCUT2D eigenvalue weighted by atomic mass is 10.1. The number of rotatable bonds is 6. The number of ether oxygens (including phenoxy) is 1. The molecule has 0 saturated carbocycles. The molecule has 0 aliphatic carbocycles. The van der Waals surface area contributed by atoms with Crippen LogP contribution >= 0.6 is 0 Å². The van der Waals surface area contributed by atoms with Crippen LogP contribution in [0.3, 0.4) is 0 Å². The molecule has 1 atom stereocenters. The highest BCUT2D eigenvalue weighted by atomic mass is 16.5. The topological polar surface area (TPSA) is 52.3 Å². The smallest absolute Gasteiger partial charge is 0.310 e. The molecule has 2 N–H and O–H groups in total. The number of hydrogen-bond donors (Lipinski definition) is 1. The minimum absolute atomic E-state index is 0.203. The van der Waals surface area contributed by atoms with Gasteiger partial charge in [-0.15, -0.1) is 0 Å². The highest BCUT2D eigenvalue weighted by Gasteiger charge is 2.09.